The molecule has 0 bridgehead atoms. The fraction of sp³-hybridized carbons (Fsp3) is 0.600. The molecule has 134 valence electrons. The molecule has 1 unspecified atom stereocenters. The first-order valence-electron chi connectivity index (χ1n) is 9.45. The molecular weight excluding hydrogens is 314 g/mol. The number of anilines is 1. The van der Waals surface area contributed by atoms with Crippen LogP contribution in [-0.2, 0) is 9.59 Å². The Bertz CT molecular complexity index is 658. The van der Waals surface area contributed by atoms with E-state index in [1.807, 2.05) is 17.0 Å². The lowest BCUT2D eigenvalue weighted by molar-refractivity contribution is -0.139. The Morgan fingerprint density at radius 3 is 2.36 bits per heavy atom. The van der Waals surface area contributed by atoms with Gasteiger partial charge in [-0.15, -0.1) is 0 Å². The minimum atomic E-state index is -0.489. The lowest BCUT2D eigenvalue weighted by atomic mass is 10.0. The summed E-state index contributed by atoms with van der Waals surface area (Å²) in [6.07, 6.45) is 0.633. The second-order valence-corrected chi connectivity index (χ2v) is 8.00. The fourth-order valence-corrected chi connectivity index (χ4v) is 4.46. The minimum Gasteiger partial charge on any atom is -0.341 e. The number of benzene rings is 1. The highest BCUT2D eigenvalue weighted by atomic mass is 16.2. The maximum Gasteiger partial charge on any atom is 0.239 e. The zero-order valence-electron chi connectivity index (χ0n) is 15.1. The van der Waals surface area contributed by atoms with Crippen LogP contribution in [0.25, 0.3) is 0 Å². The Morgan fingerprint density at radius 2 is 1.76 bits per heavy atom. The summed E-state index contributed by atoms with van der Waals surface area (Å²) in [4.78, 5) is 29.4. The molecule has 3 atom stereocenters. The van der Waals surface area contributed by atoms with Crippen LogP contribution in [0.3, 0.4) is 0 Å². The summed E-state index contributed by atoms with van der Waals surface area (Å²) in [5, 5.41) is 3.39. The average molecular weight is 341 g/mol. The number of hydrogen-bond donors (Lipinski definition) is 1. The van der Waals surface area contributed by atoms with Gasteiger partial charge in [0, 0.05) is 38.4 Å². The smallest absolute Gasteiger partial charge is 0.239 e. The molecule has 3 heterocycles. The van der Waals surface area contributed by atoms with Crippen molar-refractivity contribution in [2.45, 2.75) is 26.2 Å². The number of nitrogens with zero attached hydrogens (tertiary/aromatic N) is 2. The summed E-state index contributed by atoms with van der Waals surface area (Å²) in [7, 11) is 0. The summed E-state index contributed by atoms with van der Waals surface area (Å²) >= 11 is 0. The molecule has 3 fully saturated rings. The first-order valence-corrected chi connectivity index (χ1v) is 9.45. The van der Waals surface area contributed by atoms with Gasteiger partial charge >= 0.3 is 0 Å². The van der Waals surface area contributed by atoms with E-state index < -0.39 is 5.92 Å². The normalized spacial score (nSPS) is 28.9. The van der Waals surface area contributed by atoms with Gasteiger partial charge in [-0.1, -0.05) is 26.0 Å². The number of carbonyl (C=O) groups is 2. The molecule has 2 amide bonds. The quantitative estimate of drug-likeness (QED) is 0.854. The first kappa shape index (κ1) is 16.6. The van der Waals surface area contributed by atoms with Crippen molar-refractivity contribution in [1.29, 1.82) is 0 Å². The molecule has 0 aromatic heterocycles. The van der Waals surface area contributed by atoms with Crippen molar-refractivity contribution in [1.82, 2.24) is 10.2 Å². The molecule has 0 radical (unpaired) electrons. The SMILES string of the molecule is CC(C)c1ccc(N2CCC(C(=O)N3C[C@H]4CNC[C@H]4C3)C2=O)cc1. The van der Waals surface area contributed by atoms with Crippen LogP contribution in [0.15, 0.2) is 24.3 Å². The van der Waals surface area contributed by atoms with Crippen LogP contribution in [0.5, 0.6) is 0 Å². The van der Waals surface area contributed by atoms with Crippen LogP contribution >= 0.6 is 0 Å². The summed E-state index contributed by atoms with van der Waals surface area (Å²) in [5.41, 5.74) is 2.17. The number of rotatable bonds is 3. The largest absolute Gasteiger partial charge is 0.341 e. The van der Waals surface area contributed by atoms with Crippen LogP contribution < -0.4 is 10.2 Å². The van der Waals surface area contributed by atoms with Gasteiger partial charge in [-0.25, -0.2) is 0 Å². The highest BCUT2D eigenvalue weighted by Crippen LogP contribution is 2.31. The lowest BCUT2D eigenvalue weighted by Gasteiger charge is -2.22. The molecular formula is C20H27N3O2. The molecule has 1 aromatic rings. The monoisotopic (exact) mass is 341 g/mol. The van der Waals surface area contributed by atoms with Crippen LogP contribution in [0.4, 0.5) is 5.69 Å². The highest BCUT2D eigenvalue weighted by molar-refractivity contribution is 6.09. The van der Waals surface area contributed by atoms with E-state index >= 15 is 0 Å². The summed E-state index contributed by atoms with van der Waals surface area (Å²) in [6.45, 7) is 8.57. The van der Waals surface area contributed by atoms with E-state index in [4.69, 9.17) is 0 Å². The summed E-state index contributed by atoms with van der Waals surface area (Å²) in [5.74, 6) is 1.14. The van der Waals surface area contributed by atoms with Crippen molar-refractivity contribution in [3.05, 3.63) is 29.8 Å². The zero-order valence-corrected chi connectivity index (χ0v) is 15.1. The molecule has 1 N–H and O–H groups in total. The van der Waals surface area contributed by atoms with Gasteiger partial charge in [0.2, 0.25) is 11.8 Å². The van der Waals surface area contributed by atoms with Crippen LogP contribution in [0.2, 0.25) is 0 Å². The predicted molar refractivity (Wildman–Crippen MR) is 97.4 cm³/mol. The van der Waals surface area contributed by atoms with Gasteiger partial charge in [-0.05, 0) is 41.9 Å². The number of hydrogen-bond acceptors (Lipinski definition) is 3. The molecule has 5 heteroatoms. The molecule has 25 heavy (non-hydrogen) atoms. The van der Waals surface area contributed by atoms with Crippen molar-refractivity contribution in [3.63, 3.8) is 0 Å². The maximum atomic E-state index is 12.9. The van der Waals surface area contributed by atoms with Gasteiger partial charge in [-0.3, -0.25) is 9.59 Å². The van der Waals surface area contributed by atoms with E-state index in [9.17, 15) is 9.59 Å². The topological polar surface area (TPSA) is 52.7 Å². The summed E-state index contributed by atoms with van der Waals surface area (Å²) in [6, 6.07) is 8.17. The molecule has 3 saturated heterocycles. The number of carbonyl (C=O) groups excluding carboxylic acids is 2. The fourth-order valence-electron chi connectivity index (χ4n) is 4.46. The Morgan fingerprint density at radius 1 is 1.12 bits per heavy atom. The molecule has 4 rings (SSSR count). The number of likely N-dealkylation sites (tertiary alicyclic amines) is 1. The minimum absolute atomic E-state index is 0.0301. The van der Waals surface area contributed by atoms with Crippen LogP contribution in [0.1, 0.15) is 31.7 Å². The van der Waals surface area contributed by atoms with E-state index in [0.717, 1.165) is 31.9 Å². The van der Waals surface area contributed by atoms with Gasteiger partial charge in [0.25, 0.3) is 0 Å². The van der Waals surface area contributed by atoms with Gasteiger partial charge in [0.05, 0.1) is 0 Å². The number of nitrogens with one attached hydrogen (secondary N) is 1. The molecule has 0 aliphatic carbocycles. The lowest BCUT2D eigenvalue weighted by Crippen LogP contribution is -2.40. The van der Waals surface area contributed by atoms with Crippen LogP contribution in [-0.4, -0.2) is 49.4 Å². The standard InChI is InChI=1S/C20H27N3O2/c1-13(2)14-3-5-17(6-4-14)23-8-7-18(20(23)25)19(24)22-11-15-9-21-10-16(15)12-22/h3-6,13,15-16,18,21H,7-12H2,1-2H3/t15-,16+,18?. The van der Waals surface area contributed by atoms with Crippen LogP contribution in [0, 0.1) is 17.8 Å². The van der Waals surface area contributed by atoms with Gasteiger partial charge in [-0.2, -0.15) is 0 Å². The Balaban J connectivity index is 1.43. The molecule has 1 aromatic carbocycles. The average Bonchev–Trinajstić information content (AvgIpc) is 3.28. The third-order valence-corrected chi connectivity index (χ3v) is 6.08. The Kier molecular flexibility index (Phi) is 4.28. The zero-order chi connectivity index (χ0) is 17.6. The summed E-state index contributed by atoms with van der Waals surface area (Å²) < 4.78 is 0. The van der Waals surface area contributed by atoms with Crippen molar-refractivity contribution >= 4 is 17.5 Å². The maximum absolute atomic E-state index is 12.9. The van der Waals surface area contributed by atoms with E-state index in [1.165, 1.54) is 5.56 Å². The number of amides is 2. The van der Waals surface area contributed by atoms with Gasteiger partial charge in [0.1, 0.15) is 5.92 Å². The Labute approximate surface area is 149 Å². The van der Waals surface area contributed by atoms with Gasteiger partial charge in [0.15, 0.2) is 0 Å². The van der Waals surface area contributed by atoms with Crippen molar-refractivity contribution in [3.8, 4) is 0 Å². The van der Waals surface area contributed by atoms with E-state index in [0.29, 0.717) is 30.7 Å². The molecule has 0 spiro atoms. The van der Waals surface area contributed by atoms with Crippen molar-refractivity contribution in [2.75, 3.05) is 37.6 Å². The van der Waals surface area contributed by atoms with Crippen molar-refractivity contribution in [2.24, 2.45) is 17.8 Å². The molecule has 3 aliphatic heterocycles. The van der Waals surface area contributed by atoms with E-state index in [2.05, 4.69) is 31.3 Å². The van der Waals surface area contributed by atoms with Gasteiger partial charge < -0.3 is 15.1 Å². The molecule has 5 nitrogen and oxygen atoms in total. The number of fused-ring (bicyclic) bond motifs is 1. The van der Waals surface area contributed by atoms with Crippen molar-refractivity contribution < 1.29 is 9.59 Å². The third-order valence-electron chi connectivity index (χ3n) is 6.08. The predicted octanol–water partition coefficient (Wildman–Crippen LogP) is 1.84. The highest BCUT2D eigenvalue weighted by Gasteiger charge is 2.44. The van der Waals surface area contributed by atoms with E-state index in [1.54, 1.807) is 4.90 Å². The first-order chi connectivity index (χ1) is 12.0. The second-order valence-electron chi connectivity index (χ2n) is 8.00. The van der Waals surface area contributed by atoms with E-state index in [-0.39, 0.29) is 11.8 Å². The second kappa shape index (κ2) is 6.45. The third kappa shape index (κ3) is 2.95. The molecule has 0 saturated carbocycles. The molecule has 3 aliphatic rings. The Hall–Kier alpha value is -1.88.